The number of anilines is 1. The molecule has 2 atom stereocenters. The number of carbonyl (C=O) groups is 3. The van der Waals surface area contributed by atoms with Gasteiger partial charge in [0.2, 0.25) is 10.8 Å². The molecular formula is C14H14ClN5O9S3. The molecule has 3 N–H and O–H groups in total. The Labute approximate surface area is 193 Å². The fourth-order valence-electron chi connectivity index (χ4n) is 2.45. The first-order valence-corrected chi connectivity index (χ1v) is 11.7. The van der Waals surface area contributed by atoms with Gasteiger partial charge in [0.05, 0.1) is 5.41 Å². The van der Waals surface area contributed by atoms with Crippen molar-refractivity contribution in [2.75, 3.05) is 25.4 Å². The number of nitrogens with zero attached hydrogens (tertiary/aromatic N) is 3. The lowest BCUT2D eigenvalue weighted by atomic mass is 10.1. The van der Waals surface area contributed by atoms with Gasteiger partial charge >= 0.3 is 10.3 Å². The van der Waals surface area contributed by atoms with Gasteiger partial charge < -0.3 is 20.2 Å². The van der Waals surface area contributed by atoms with Crippen LogP contribution < -0.4 is 10.6 Å². The number of carbonyl (C=O) groups excluding carboxylic acids is 4. The van der Waals surface area contributed by atoms with Crippen molar-refractivity contribution < 1.29 is 41.7 Å². The van der Waals surface area contributed by atoms with E-state index in [1.165, 1.54) is 11.3 Å². The highest BCUT2D eigenvalue weighted by atomic mass is 35.5. The van der Waals surface area contributed by atoms with E-state index in [9.17, 15) is 32.1 Å². The SMILES string of the molecule is CON=C(C(=O)N[C@]1(SC=C=O)C(=O)N(S(=O)(=O)O)[C@H]1OC)c1csc(NC(=O)CCl)n1. The Morgan fingerprint density at radius 3 is 2.75 bits per heavy atom. The zero-order valence-electron chi connectivity index (χ0n) is 16.1. The van der Waals surface area contributed by atoms with E-state index in [-0.39, 0.29) is 21.0 Å². The monoisotopic (exact) mass is 527 g/mol. The molecule has 2 rings (SSSR count). The first-order chi connectivity index (χ1) is 15.0. The summed E-state index contributed by atoms with van der Waals surface area (Å²) in [4.78, 5) is 54.1. The fourth-order valence-corrected chi connectivity index (χ4v) is 5.09. The average molecular weight is 528 g/mol. The summed E-state index contributed by atoms with van der Waals surface area (Å²) in [5.41, 5.74) is -0.532. The second kappa shape index (κ2) is 10.4. The van der Waals surface area contributed by atoms with Crippen LogP contribution in [-0.2, 0) is 39.1 Å². The van der Waals surface area contributed by atoms with Crippen LogP contribution in [-0.4, -0.2) is 82.8 Å². The number of thioether (sulfide) groups is 1. The van der Waals surface area contributed by atoms with Crippen molar-refractivity contribution in [3.63, 3.8) is 0 Å². The molecule has 0 radical (unpaired) electrons. The van der Waals surface area contributed by atoms with E-state index in [0.29, 0.717) is 11.8 Å². The molecule has 1 aromatic rings. The molecule has 174 valence electrons. The molecule has 18 heteroatoms. The van der Waals surface area contributed by atoms with E-state index in [2.05, 4.69) is 25.6 Å². The first-order valence-electron chi connectivity index (χ1n) is 8.02. The Morgan fingerprint density at radius 2 is 2.22 bits per heavy atom. The van der Waals surface area contributed by atoms with Crippen LogP contribution in [0.15, 0.2) is 15.9 Å². The molecule has 2 heterocycles. The Kier molecular flexibility index (Phi) is 8.35. The quantitative estimate of drug-likeness (QED) is 0.0654. The minimum Gasteiger partial charge on any atom is -0.398 e. The van der Waals surface area contributed by atoms with E-state index >= 15 is 0 Å². The Balaban J connectivity index is 2.39. The van der Waals surface area contributed by atoms with Crippen molar-refractivity contribution in [3.05, 3.63) is 16.5 Å². The lowest BCUT2D eigenvalue weighted by molar-refractivity contribution is -0.169. The molecule has 1 aliphatic rings. The highest BCUT2D eigenvalue weighted by Crippen LogP contribution is 2.42. The van der Waals surface area contributed by atoms with Gasteiger partial charge in [-0.1, -0.05) is 16.9 Å². The summed E-state index contributed by atoms with van der Waals surface area (Å²) in [5.74, 6) is -1.88. The summed E-state index contributed by atoms with van der Waals surface area (Å²) in [6.07, 6.45) is -1.72. The van der Waals surface area contributed by atoms with Crippen LogP contribution in [0.5, 0.6) is 0 Å². The molecule has 1 fully saturated rings. The third-order valence-electron chi connectivity index (χ3n) is 3.65. The van der Waals surface area contributed by atoms with Crippen molar-refractivity contribution in [1.82, 2.24) is 14.6 Å². The lowest BCUT2D eigenvalue weighted by Gasteiger charge is -2.50. The van der Waals surface area contributed by atoms with Crippen LogP contribution in [0, 0.1) is 0 Å². The molecule has 0 saturated carbocycles. The molecular weight excluding hydrogens is 514 g/mol. The number of amides is 3. The van der Waals surface area contributed by atoms with Crippen molar-refractivity contribution in [2.24, 2.45) is 5.16 Å². The van der Waals surface area contributed by atoms with Gasteiger partial charge in [0.15, 0.2) is 17.1 Å². The van der Waals surface area contributed by atoms with Gasteiger partial charge in [0, 0.05) is 12.5 Å². The summed E-state index contributed by atoms with van der Waals surface area (Å²) in [5, 5.41) is 10.3. The molecule has 14 nitrogen and oxygen atoms in total. The normalized spacial score (nSPS) is 20.8. The highest BCUT2D eigenvalue weighted by Gasteiger charge is 2.67. The lowest BCUT2D eigenvalue weighted by Crippen LogP contribution is -2.80. The minimum absolute atomic E-state index is 0.0192. The number of rotatable bonds is 10. The third kappa shape index (κ3) is 5.09. The summed E-state index contributed by atoms with van der Waals surface area (Å²) < 4.78 is 37.2. The summed E-state index contributed by atoms with van der Waals surface area (Å²) >= 11 is 6.73. The number of hydrogen-bond acceptors (Lipinski definition) is 12. The summed E-state index contributed by atoms with van der Waals surface area (Å²) in [7, 11) is -2.90. The maximum absolute atomic E-state index is 12.9. The molecule has 3 amide bonds. The topological polar surface area (TPSA) is 194 Å². The maximum atomic E-state index is 12.9. The van der Waals surface area contributed by atoms with E-state index < -0.39 is 44.8 Å². The first kappa shape index (κ1) is 25.7. The smallest absolute Gasteiger partial charge is 0.364 e. The zero-order chi connectivity index (χ0) is 24.1. The number of hydrogen-bond donors (Lipinski definition) is 3. The number of oxime groups is 1. The molecule has 0 unspecified atom stereocenters. The predicted octanol–water partition coefficient (Wildman–Crippen LogP) is -0.821. The second-order valence-corrected chi connectivity index (χ2v) is 9.08. The van der Waals surface area contributed by atoms with Gasteiger partial charge in [-0.3, -0.25) is 18.9 Å². The number of ether oxygens (including phenoxy) is 1. The van der Waals surface area contributed by atoms with Gasteiger partial charge in [-0.2, -0.15) is 12.7 Å². The highest BCUT2D eigenvalue weighted by molar-refractivity contribution is 8.04. The number of methoxy groups -OCH3 is 1. The third-order valence-corrected chi connectivity index (χ3v) is 6.57. The van der Waals surface area contributed by atoms with E-state index in [1.54, 1.807) is 0 Å². The Hall–Kier alpha value is -2.53. The molecule has 0 spiro atoms. The van der Waals surface area contributed by atoms with E-state index in [4.69, 9.17) is 16.3 Å². The van der Waals surface area contributed by atoms with Crippen LogP contribution >= 0.6 is 34.7 Å². The standard InChI is InChI=1S/C14H14ClN5O9S3/c1-28-12-14(31-4-3-21,11(24)20(12)32(25,26)27)18-10(23)9(19-29-2)7-6-30-13(16-7)17-8(22)5-15/h4,6,12H,5H2,1-2H3,(H,18,23)(H,16,17,22)(H,25,26,27)/t12-,14-/m0/s1. The van der Waals surface area contributed by atoms with Crippen molar-refractivity contribution in [2.45, 2.75) is 11.1 Å². The molecule has 1 aromatic heterocycles. The predicted molar refractivity (Wildman–Crippen MR) is 113 cm³/mol. The van der Waals surface area contributed by atoms with E-state index in [1.807, 2.05) is 0 Å². The summed E-state index contributed by atoms with van der Waals surface area (Å²) in [6.45, 7) is 0. The molecule has 1 aliphatic heterocycles. The molecule has 0 aliphatic carbocycles. The van der Waals surface area contributed by atoms with Crippen molar-refractivity contribution in [3.8, 4) is 0 Å². The number of β-lactam (4-membered cyclic amide) rings is 1. The fraction of sp³-hybridized carbons (Fsp3) is 0.357. The Morgan fingerprint density at radius 1 is 1.53 bits per heavy atom. The van der Waals surface area contributed by atoms with Crippen LogP contribution in [0.2, 0.25) is 0 Å². The summed E-state index contributed by atoms with van der Waals surface area (Å²) in [6, 6.07) is 0. The molecule has 32 heavy (non-hydrogen) atoms. The van der Waals surface area contributed by atoms with Crippen LogP contribution in [0.1, 0.15) is 5.69 Å². The van der Waals surface area contributed by atoms with Crippen molar-refractivity contribution >= 4 is 79.5 Å². The van der Waals surface area contributed by atoms with Gasteiger partial charge in [-0.25, -0.2) is 9.78 Å². The largest absolute Gasteiger partial charge is 0.398 e. The van der Waals surface area contributed by atoms with Gasteiger partial charge in [0.1, 0.15) is 24.6 Å². The van der Waals surface area contributed by atoms with Crippen LogP contribution in [0.4, 0.5) is 5.13 Å². The molecule has 0 aromatic carbocycles. The number of aromatic nitrogens is 1. The van der Waals surface area contributed by atoms with Gasteiger partial charge in [-0.15, -0.1) is 22.9 Å². The second-order valence-electron chi connectivity index (χ2n) is 5.55. The number of halogens is 1. The van der Waals surface area contributed by atoms with Gasteiger partial charge in [-0.05, 0) is 0 Å². The number of thiazole rings is 1. The van der Waals surface area contributed by atoms with Gasteiger partial charge in [0.25, 0.3) is 11.8 Å². The maximum Gasteiger partial charge on any atom is 0.364 e. The minimum atomic E-state index is -5.04. The molecule has 0 bridgehead atoms. The van der Waals surface area contributed by atoms with Crippen LogP contribution in [0.25, 0.3) is 0 Å². The average Bonchev–Trinajstić information content (AvgIpc) is 3.19. The number of alkyl halides is 1. The number of nitrogens with one attached hydrogen (secondary N) is 2. The van der Waals surface area contributed by atoms with Crippen molar-refractivity contribution in [1.29, 1.82) is 0 Å². The Bertz CT molecular complexity index is 1100. The van der Waals surface area contributed by atoms with E-state index in [0.717, 1.165) is 31.0 Å². The zero-order valence-corrected chi connectivity index (χ0v) is 19.3. The molecule has 1 saturated heterocycles. The van der Waals surface area contributed by atoms with Crippen LogP contribution in [0.3, 0.4) is 0 Å².